The van der Waals surface area contributed by atoms with Gasteiger partial charge in [-0.2, -0.15) is 0 Å². The maximum atomic E-state index is 12.1. The largest absolute Gasteiger partial charge is 0.449 e. The number of allylic oxidation sites excluding steroid dienone is 1. The molecule has 0 unspecified atom stereocenters. The molecule has 2 rings (SSSR count). The van der Waals surface area contributed by atoms with Crippen molar-refractivity contribution in [2.24, 2.45) is 0 Å². The number of rotatable bonds is 7. The zero-order chi connectivity index (χ0) is 17.4. The highest BCUT2D eigenvalue weighted by Gasteiger charge is 2.18. The molecule has 1 atom stereocenters. The van der Waals surface area contributed by atoms with Crippen LogP contribution in [0, 0.1) is 0 Å². The highest BCUT2D eigenvalue weighted by Crippen LogP contribution is 2.19. The van der Waals surface area contributed by atoms with Gasteiger partial charge >= 0.3 is 5.97 Å². The Kier molecular flexibility index (Phi) is 7.37. The number of nitrogens with one attached hydrogen (secondary N) is 1. The Morgan fingerprint density at radius 1 is 1.25 bits per heavy atom. The van der Waals surface area contributed by atoms with E-state index in [1.54, 1.807) is 30.8 Å². The van der Waals surface area contributed by atoms with E-state index in [4.69, 9.17) is 4.74 Å². The van der Waals surface area contributed by atoms with E-state index in [-0.39, 0.29) is 5.91 Å². The Labute approximate surface area is 148 Å². The first-order chi connectivity index (χ1) is 11.6. The molecule has 1 aliphatic rings. The fourth-order valence-corrected chi connectivity index (χ4v) is 3.04. The lowest BCUT2D eigenvalue weighted by atomic mass is 9.97. The minimum absolute atomic E-state index is 0.250. The third kappa shape index (κ3) is 5.71. The lowest BCUT2D eigenvalue weighted by molar-refractivity contribution is -0.129. The lowest BCUT2D eigenvalue weighted by Crippen LogP contribution is -2.36. The second-order valence-corrected chi connectivity index (χ2v) is 6.80. The molecular weight excluding hydrogens is 322 g/mol. The monoisotopic (exact) mass is 347 g/mol. The van der Waals surface area contributed by atoms with Gasteiger partial charge < -0.3 is 10.1 Å². The van der Waals surface area contributed by atoms with Crippen LogP contribution in [-0.2, 0) is 9.53 Å². The average Bonchev–Trinajstić information content (AvgIpc) is 2.62. The maximum absolute atomic E-state index is 12.1. The third-order valence-electron chi connectivity index (χ3n) is 4.11. The van der Waals surface area contributed by atoms with Gasteiger partial charge in [-0.1, -0.05) is 11.6 Å². The minimum atomic E-state index is -0.793. The van der Waals surface area contributed by atoms with Gasteiger partial charge in [0.05, 0.1) is 5.56 Å². The van der Waals surface area contributed by atoms with E-state index < -0.39 is 12.1 Å². The van der Waals surface area contributed by atoms with Crippen LogP contribution in [0.4, 0.5) is 0 Å². The Bertz CT molecular complexity index is 595. The van der Waals surface area contributed by atoms with Gasteiger partial charge in [-0.25, -0.2) is 4.79 Å². The van der Waals surface area contributed by atoms with Gasteiger partial charge in [0.1, 0.15) is 0 Å². The molecule has 1 aromatic carbocycles. The standard InChI is InChI=1S/C19H25NO3S/c1-14(18(21)20-13-12-15-6-4-3-5-7-15)23-19(22)16-8-10-17(24-2)11-9-16/h6,8-11,14H,3-5,7,12-13H2,1-2H3,(H,20,21)/t14-/m0/s1. The third-order valence-corrected chi connectivity index (χ3v) is 4.85. The molecule has 0 saturated heterocycles. The smallest absolute Gasteiger partial charge is 0.338 e. The van der Waals surface area contributed by atoms with Crippen LogP contribution < -0.4 is 5.32 Å². The summed E-state index contributed by atoms with van der Waals surface area (Å²) in [6.45, 7) is 2.19. The van der Waals surface area contributed by atoms with Crippen molar-refractivity contribution in [2.45, 2.75) is 50.0 Å². The quantitative estimate of drug-likeness (QED) is 0.461. The molecule has 0 fully saturated rings. The minimum Gasteiger partial charge on any atom is -0.449 e. The number of benzene rings is 1. The highest BCUT2D eigenvalue weighted by atomic mass is 32.2. The van der Waals surface area contributed by atoms with Crippen molar-refractivity contribution in [3.8, 4) is 0 Å². The van der Waals surface area contributed by atoms with E-state index in [0.717, 1.165) is 24.2 Å². The molecule has 4 nitrogen and oxygen atoms in total. The van der Waals surface area contributed by atoms with E-state index in [1.165, 1.54) is 18.4 Å². The number of carbonyl (C=O) groups is 2. The molecule has 5 heteroatoms. The molecule has 0 aromatic heterocycles. The van der Waals surface area contributed by atoms with Gasteiger partial charge in [0.2, 0.25) is 0 Å². The van der Waals surface area contributed by atoms with E-state index in [9.17, 15) is 9.59 Å². The molecule has 1 N–H and O–H groups in total. The van der Waals surface area contributed by atoms with Crippen molar-refractivity contribution in [3.05, 3.63) is 41.5 Å². The molecule has 24 heavy (non-hydrogen) atoms. The number of amides is 1. The summed E-state index contributed by atoms with van der Waals surface area (Å²) in [4.78, 5) is 25.2. The molecule has 1 amide bonds. The van der Waals surface area contributed by atoms with Crippen molar-refractivity contribution in [1.29, 1.82) is 0 Å². The number of thioether (sulfide) groups is 1. The number of hydrogen-bond acceptors (Lipinski definition) is 4. The Morgan fingerprint density at radius 2 is 2.00 bits per heavy atom. The van der Waals surface area contributed by atoms with Crippen LogP contribution in [-0.4, -0.2) is 30.8 Å². The molecule has 0 aliphatic heterocycles. The van der Waals surface area contributed by atoms with Gasteiger partial charge in [-0.15, -0.1) is 11.8 Å². The lowest BCUT2D eigenvalue weighted by Gasteiger charge is -2.15. The fourth-order valence-electron chi connectivity index (χ4n) is 2.63. The van der Waals surface area contributed by atoms with Gasteiger partial charge in [0.25, 0.3) is 5.91 Å². The highest BCUT2D eigenvalue weighted by molar-refractivity contribution is 7.98. The topological polar surface area (TPSA) is 55.4 Å². The fraction of sp³-hybridized carbons (Fsp3) is 0.474. The normalized spacial score (nSPS) is 15.3. The molecule has 1 aromatic rings. The number of esters is 1. The van der Waals surface area contributed by atoms with Crippen LogP contribution in [0.15, 0.2) is 40.8 Å². The van der Waals surface area contributed by atoms with E-state index in [2.05, 4.69) is 11.4 Å². The van der Waals surface area contributed by atoms with Crippen LogP contribution in [0.2, 0.25) is 0 Å². The number of ether oxygens (including phenoxy) is 1. The Morgan fingerprint density at radius 3 is 2.62 bits per heavy atom. The molecule has 0 spiro atoms. The van der Waals surface area contributed by atoms with E-state index >= 15 is 0 Å². The second kappa shape index (κ2) is 9.52. The first-order valence-corrected chi connectivity index (χ1v) is 9.63. The summed E-state index contributed by atoms with van der Waals surface area (Å²) in [6, 6.07) is 7.16. The van der Waals surface area contributed by atoms with Crippen LogP contribution in [0.3, 0.4) is 0 Å². The van der Waals surface area contributed by atoms with Crippen LogP contribution in [0.1, 0.15) is 49.4 Å². The molecule has 0 saturated carbocycles. The van der Waals surface area contributed by atoms with Gasteiger partial charge in [-0.3, -0.25) is 4.79 Å². The Balaban J connectivity index is 1.75. The van der Waals surface area contributed by atoms with Crippen molar-refractivity contribution in [1.82, 2.24) is 5.32 Å². The average molecular weight is 347 g/mol. The van der Waals surface area contributed by atoms with Crippen LogP contribution >= 0.6 is 11.8 Å². The molecule has 0 radical (unpaired) electrons. The molecule has 1 aliphatic carbocycles. The van der Waals surface area contributed by atoms with Gasteiger partial charge in [-0.05, 0) is 69.5 Å². The van der Waals surface area contributed by atoms with Crippen molar-refractivity contribution in [3.63, 3.8) is 0 Å². The second-order valence-electron chi connectivity index (χ2n) is 5.93. The van der Waals surface area contributed by atoms with Crippen molar-refractivity contribution < 1.29 is 14.3 Å². The number of carbonyl (C=O) groups excluding carboxylic acids is 2. The summed E-state index contributed by atoms with van der Waals surface area (Å²) >= 11 is 1.61. The first-order valence-electron chi connectivity index (χ1n) is 8.41. The van der Waals surface area contributed by atoms with Crippen molar-refractivity contribution in [2.75, 3.05) is 12.8 Å². The van der Waals surface area contributed by atoms with Crippen LogP contribution in [0.25, 0.3) is 0 Å². The summed E-state index contributed by atoms with van der Waals surface area (Å²) in [5.41, 5.74) is 1.87. The first kappa shape index (κ1) is 18.6. The summed E-state index contributed by atoms with van der Waals surface area (Å²) < 4.78 is 5.24. The maximum Gasteiger partial charge on any atom is 0.338 e. The predicted molar refractivity (Wildman–Crippen MR) is 97.3 cm³/mol. The predicted octanol–water partition coefficient (Wildman–Crippen LogP) is 3.96. The summed E-state index contributed by atoms with van der Waals surface area (Å²) in [6.07, 6.45) is 9.12. The van der Waals surface area contributed by atoms with Crippen LogP contribution in [0.5, 0.6) is 0 Å². The summed E-state index contributed by atoms with van der Waals surface area (Å²) in [5.74, 6) is -0.721. The van der Waals surface area contributed by atoms with Crippen molar-refractivity contribution >= 4 is 23.6 Å². The van der Waals surface area contributed by atoms with E-state index in [1.807, 2.05) is 18.4 Å². The van der Waals surface area contributed by atoms with Gasteiger partial charge in [0, 0.05) is 11.4 Å². The number of hydrogen-bond donors (Lipinski definition) is 1. The summed E-state index contributed by atoms with van der Waals surface area (Å²) in [5, 5.41) is 2.84. The zero-order valence-corrected chi connectivity index (χ0v) is 15.2. The molecule has 0 bridgehead atoms. The van der Waals surface area contributed by atoms with Gasteiger partial charge in [0.15, 0.2) is 6.10 Å². The zero-order valence-electron chi connectivity index (χ0n) is 14.3. The van der Waals surface area contributed by atoms with E-state index in [0.29, 0.717) is 12.1 Å². The SMILES string of the molecule is CSc1ccc(C(=O)O[C@@H](C)C(=O)NCCC2=CCCCC2)cc1. The summed E-state index contributed by atoms with van der Waals surface area (Å²) in [7, 11) is 0. The molecular formula is C19H25NO3S. The molecule has 130 valence electrons. The molecule has 0 heterocycles. The Hall–Kier alpha value is -1.75.